The van der Waals surface area contributed by atoms with Crippen molar-refractivity contribution in [2.75, 3.05) is 30.4 Å². The van der Waals surface area contributed by atoms with Crippen molar-refractivity contribution in [2.24, 2.45) is 5.73 Å². The number of nitrogens with two attached hydrogens (primary N) is 1. The topological polar surface area (TPSA) is 110 Å². The molecule has 0 aliphatic rings. The van der Waals surface area contributed by atoms with Crippen molar-refractivity contribution in [1.29, 1.82) is 0 Å². The fourth-order valence-electron chi connectivity index (χ4n) is 2.95. The van der Waals surface area contributed by atoms with Crippen molar-refractivity contribution in [3.8, 4) is 22.4 Å². The monoisotopic (exact) mass is 453 g/mol. The summed E-state index contributed by atoms with van der Waals surface area (Å²) in [5, 5.41) is 5.07. The number of amides is 1. The number of nitrogens with one attached hydrogen (secondary N) is 1. The van der Waals surface area contributed by atoms with Crippen LogP contribution in [-0.2, 0) is 14.3 Å². The zero-order chi connectivity index (χ0) is 23.3. The fourth-order valence-corrected chi connectivity index (χ4v) is 3.68. The van der Waals surface area contributed by atoms with E-state index < -0.39 is 5.60 Å². The summed E-state index contributed by atoms with van der Waals surface area (Å²) in [5.74, 6) is 0.0777. The van der Waals surface area contributed by atoms with E-state index in [1.54, 1.807) is 18.1 Å². The number of hydrogen-bond donors (Lipinski definition) is 2. The summed E-state index contributed by atoms with van der Waals surface area (Å²) in [4.78, 5) is 34.3. The Kier molecular flexibility index (Phi) is 7.22. The highest BCUT2D eigenvalue weighted by molar-refractivity contribution is 7.14. The number of nitrogens with zero attached hydrogens (tertiary/aromatic N) is 3. The lowest BCUT2D eigenvalue weighted by Crippen LogP contribution is -2.33. The Balaban J connectivity index is 1.78. The molecule has 32 heavy (non-hydrogen) atoms. The highest BCUT2D eigenvalue weighted by Crippen LogP contribution is 2.30. The molecule has 0 spiro atoms. The number of benzene rings is 1. The van der Waals surface area contributed by atoms with Crippen LogP contribution in [0.15, 0.2) is 48.0 Å². The average Bonchev–Trinajstić information content (AvgIpc) is 3.21. The number of esters is 1. The Morgan fingerprint density at radius 1 is 1.16 bits per heavy atom. The normalized spacial score (nSPS) is 11.2. The average molecular weight is 454 g/mol. The minimum Gasteiger partial charge on any atom is -0.459 e. The number of hydrogen-bond acceptors (Lipinski definition) is 8. The number of carbonyl (C=O) groups excluding carboxylic acids is 2. The van der Waals surface area contributed by atoms with E-state index in [-0.39, 0.29) is 25.0 Å². The van der Waals surface area contributed by atoms with Crippen LogP contribution in [0, 0.1) is 0 Å². The third-order valence-electron chi connectivity index (χ3n) is 4.35. The molecule has 0 radical (unpaired) electrons. The molecule has 0 fully saturated rings. The van der Waals surface area contributed by atoms with Crippen molar-refractivity contribution in [3.63, 3.8) is 0 Å². The SMILES string of the molecule is CN(CC(=O)OC(C)(C)C)c1cc(-c2cccc(-c3csc(NC(=O)CN)n3)c2)ccn1. The van der Waals surface area contributed by atoms with E-state index in [0.29, 0.717) is 10.9 Å². The zero-order valence-electron chi connectivity index (χ0n) is 18.6. The molecule has 8 nitrogen and oxygen atoms in total. The molecule has 3 rings (SSSR count). The van der Waals surface area contributed by atoms with E-state index in [1.165, 1.54) is 11.3 Å². The lowest BCUT2D eigenvalue weighted by molar-refractivity contribution is -0.152. The molecular weight excluding hydrogens is 426 g/mol. The molecular formula is C23H27N5O3S. The second kappa shape index (κ2) is 9.88. The number of anilines is 2. The van der Waals surface area contributed by atoms with E-state index in [0.717, 1.165) is 22.4 Å². The Labute approximate surface area is 191 Å². The van der Waals surface area contributed by atoms with Crippen LogP contribution in [0.5, 0.6) is 0 Å². The molecule has 2 heterocycles. The summed E-state index contributed by atoms with van der Waals surface area (Å²) in [6, 6.07) is 11.8. The van der Waals surface area contributed by atoms with Gasteiger partial charge in [0.1, 0.15) is 18.0 Å². The quantitative estimate of drug-likeness (QED) is 0.526. The van der Waals surface area contributed by atoms with Gasteiger partial charge < -0.3 is 20.7 Å². The van der Waals surface area contributed by atoms with Crippen molar-refractivity contribution in [1.82, 2.24) is 9.97 Å². The first-order valence-electron chi connectivity index (χ1n) is 10.1. The van der Waals surface area contributed by atoms with Crippen LogP contribution in [0.3, 0.4) is 0 Å². The molecule has 0 saturated carbocycles. The largest absolute Gasteiger partial charge is 0.459 e. The lowest BCUT2D eigenvalue weighted by Gasteiger charge is -2.23. The molecule has 1 aromatic carbocycles. The summed E-state index contributed by atoms with van der Waals surface area (Å²) < 4.78 is 5.40. The van der Waals surface area contributed by atoms with Gasteiger partial charge in [-0.3, -0.25) is 9.59 Å². The number of pyridine rings is 1. The van der Waals surface area contributed by atoms with Crippen LogP contribution in [0.25, 0.3) is 22.4 Å². The van der Waals surface area contributed by atoms with E-state index >= 15 is 0 Å². The van der Waals surface area contributed by atoms with E-state index in [2.05, 4.69) is 15.3 Å². The molecule has 1 amide bonds. The molecule has 168 valence electrons. The van der Waals surface area contributed by atoms with Gasteiger partial charge in [0.25, 0.3) is 0 Å². The third kappa shape index (κ3) is 6.35. The van der Waals surface area contributed by atoms with Crippen molar-refractivity contribution >= 4 is 34.2 Å². The Hall–Kier alpha value is -3.30. The second-order valence-electron chi connectivity index (χ2n) is 8.22. The first-order chi connectivity index (χ1) is 15.1. The smallest absolute Gasteiger partial charge is 0.326 e. The van der Waals surface area contributed by atoms with Gasteiger partial charge in [0.05, 0.1) is 12.2 Å². The maximum absolute atomic E-state index is 12.2. The second-order valence-corrected chi connectivity index (χ2v) is 9.07. The van der Waals surface area contributed by atoms with Crippen LogP contribution in [-0.4, -0.2) is 47.6 Å². The minimum atomic E-state index is -0.531. The highest BCUT2D eigenvalue weighted by Gasteiger charge is 2.18. The predicted octanol–water partition coefficient (Wildman–Crippen LogP) is 3.55. The fraction of sp³-hybridized carbons (Fsp3) is 0.304. The van der Waals surface area contributed by atoms with Gasteiger partial charge in [-0.15, -0.1) is 11.3 Å². The highest BCUT2D eigenvalue weighted by atomic mass is 32.1. The van der Waals surface area contributed by atoms with Gasteiger partial charge in [0.15, 0.2) is 5.13 Å². The van der Waals surface area contributed by atoms with Crippen LogP contribution < -0.4 is 16.0 Å². The maximum Gasteiger partial charge on any atom is 0.326 e. The molecule has 0 atom stereocenters. The van der Waals surface area contributed by atoms with E-state index in [9.17, 15) is 9.59 Å². The first kappa shape index (κ1) is 23.4. The van der Waals surface area contributed by atoms with Crippen LogP contribution in [0.2, 0.25) is 0 Å². The first-order valence-corrected chi connectivity index (χ1v) is 11.0. The molecule has 3 aromatic rings. The number of carbonyl (C=O) groups is 2. The minimum absolute atomic E-state index is 0.0862. The number of ether oxygens (including phenoxy) is 1. The van der Waals surface area contributed by atoms with E-state index in [1.807, 2.05) is 62.5 Å². The standard InChI is InChI=1S/C23H27N5O3S/c1-23(2,3)31-21(30)13-28(4)19-11-16(8-9-25-19)15-6-5-7-17(10-15)18-14-32-22(26-18)27-20(29)12-24/h5-11,14H,12-13,24H2,1-4H3,(H,26,27,29). The van der Waals surface area contributed by atoms with Crippen LogP contribution in [0.1, 0.15) is 20.8 Å². The molecule has 9 heteroatoms. The lowest BCUT2D eigenvalue weighted by atomic mass is 10.0. The van der Waals surface area contributed by atoms with Crippen LogP contribution in [0.4, 0.5) is 10.9 Å². The van der Waals surface area contributed by atoms with Gasteiger partial charge in [-0.2, -0.15) is 0 Å². The van der Waals surface area contributed by atoms with Gasteiger partial charge in [0, 0.05) is 24.2 Å². The molecule has 0 bridgehead atoms. The Morgan fingerprint density at radius 2 is 1.88 bits per heavy atom. The predicted molar refractivity (Wildman–Crippen MR) is 128 cm³/mol. The summed E-state index contributed by atoms with van der Waals surface area (Å²) in [5.41, 5.74) is 8.44. The molecule has 2 aromatic heterocycles. The maximum atomic E-state index is 12.2. The van der Waals surface area contributed by atoms with Crippen molar-refractivity contribution in [2.45, 2.75) is 26.4 Å². The number of likely N-dealkylation sites (N-methyl/N-ethyl adjacent to an activating group) is 1. The summed E-state index contributed by atoms with van der Waals surface area (Å²) in [7, 11) is 1.80. The molecule has 0 aliphatic carbocycles. The van der Waals surface area contributed by atoms with Crippen molar-refractivity contribution in [3.05, 3.63) is 48.0 Å². The summed E-state index contributed by atoms with van der Waals surface area (Å²) >= 11 is 1.35. The Morgan fingerprint density at radius 3 is 2.59 bits per heavy atom. The van der Waals surface area contributed by atoms with Gasteiger partial charge in [0.2, 0.25) is 5.91 Å². The van der Waals surface area contributed by atoms with Gasteiger partial charge in [-0.1, -0.05) is 18.2 Å². The molecule has 3 N–H and O–H groups in total. The molecule has 0 saturated heterocycles. The number of aromatic nitrogens is 2. The van der Waals surface area contributed by atoms with Gasteiger partial charge in [-0.25, -0.2) is 9.97 Å². The van der Waals surface area contributed by atoms with Crippen molar-refractivity contribution < 1.29 is 14.3 Å². The molecule has 0 unspecified atom stereocenters. The Bertz CT molecular complexity index is 1110. The van der Waals surface area contributed by atoms with Crippen LogP contribution >= 0.6 is 11.3 Å². The number of rotatable bonds is 7. The van der Waals surface area contributed by atoms with E-state index in [4.69, 9.17) is 10.5 Å². The zero-order valence-corrected chi connectivity index (χ0v) is 19.4. The summed E-state index contributed by atoms with van der Waals surface area (Å²) in [6.45, 7) is 5.54. The van der Waals surface area contributed by atoms with Gasteiger partial charge in [-0.05, 0) is 50.1 Å². The summed E-state index contributed by atoms with van der Waals surface area (Å²) in [6.07, 6.45) is 1.71. The molecule has 0 aliphatic heterocycles. The third-order valence-corrected chi connectivity index (χ3v) is 5.11. The van der Waals surface area contributed by atoms with Gasteiger partial charge >= 0.3 is 5.97 Å². The number of thiazole rings is 1.